The van der Waals surface area contributed by atoms with Gasteiger partial charge in [-0.3, -0.25) is 0 Å². The highest BCUT2D eigenvalue weighted by atomic mass is 15.0. The Morgan fingerprint density at radius 2 is 1.16 bits per heavy atom. The minimum Gasteiger partial charge on any atom is -0.309 e. The third kappa shape index (κ3) is 3.99. The smallest absolute Gasteiger partial charge is 0.188 e. The Morgan fingerprint density at radius 3 is 1.98 bits per heavy atom. The van der Waals surface area contributed by atoms with E-state index in [1.807, 2.05) is 36.4 Å². The van der Waals surface area contributed by atoms with Crippen molar-refractivity contribution in [3.8, 4) is 28.1 Å². The molecule has 0 amide bonds. The third-order valence-corrected chi connectivity index (χ3v) is 8.75. The molecule has 0 unspecified atom stereocenters. The van der Waals surface area contributed by atoms with Gasteiger partial charge in [-0.2, -0.15) is 0 Å². The van der Waals surface area contributed by atoms with Crippen LogP contribution in [0.3, 0.4) is 0 Å². The van der Waals surface area contributed by atoms with E-state index in [0.717, 1.165) is 82.6 Å². The quantitative estimate of drug-likeness (QED) is 0.120. The van der Waals surface area contributed by atoms with Gasteiger partial charge >= 0.3 is 0 Å². The zero-order chi connectivity index (χ0) is 29.9. The van der Waals surface area contributed by atoms with Crippen LogP contribution in [-0.4, -0.2) is 14.5 Å². The maximum Gasteiger partial charge on any atom is 0.188 e. The number of nitrogens with zero attached hydrogens (tertiary/aromatic N) is 4. The molecular formula is C41H24N4. The molecule has 0 saturated carbocycles. The summed E-state index contributed by atoms with van der Waals surface area (Å²) >= 11 is 0. The number of para-hydroxylation sites is 3. The monoisotopic (exact) mass is 572 g/mol. The molecule has 0 fully saturated rings. The Balaban J connectivity index is 1.20. The van der Waals surface area contributed by atoms with E-state index >= 15 is 0 Å². The van der Waals surface area contributed by atoms with E-state index in [0.29, 0.717) is 5.69 Å². The molecule has 9 aromatic rings. The molecule has 0 aliphatic rings. The summed E-state index contributed by atoms with van der Waals surface area (Å²) in [4.78, 5) is 13.9. The van der Waals surface area contributed by atoms with Gasteiger partial charge in [0.2, 0.25) is 0 Å². The van der Waals surface area contributed by atoms with Gasteiger partial charge in [-0.15, -0.1) is 0 Å². The van der Waals surface area contributed by atoms with Gasteiger partial charge in [0.05, 0.1) is 39.8 Å². The second-order valence-electron chi connectivity index (χ2n) is 11.3. The maximum atomic E-state index is 7.61. The highest BCUT2D eigenvalue weighted by Gasteiger charge is 2.16. The SMILES string of the molecule is [C-]#[N+]c1ccc2c(c1)c1cc(-c3ccc(-c4nc5ccccc5c5nc6ccccc6cc45)cc3)ccc1n2-c1ccccc1. The van der Waals surface area contributed by atoms with Gasteiger partial charge in [-0.05, 0) is 71.1 Å². The van der Waals surface area contributed by atoms with Gasteiger partial charge in [-0.1, -0.05) is 91.0 Å². The number of hydrogen-bond donors (Lipinski definition) is 0. The topological polar surface area (TPSA) is 35.1 Å². The Bertz CT molecular complexity index is 2640. The number of benzene rings is 6. The van der Waals surface area contributed by atoms with Crippen molar-refractivity contribution in [1.82, 2.24) is 14.5 Å². The molecule has 0 aliphatic heterocycles. The largest absolute Gasteiger partial charge is 0.309 e. The van der Waals surface area contributed by atoms with Crippen molar-refractivity contribution in [2.75, 3.05) is 0 Å². The second kappa shape index (κ2) is 9.87. The van der Waals surface area contributed by atoms with Crippen LogP contribution in [0.1, 0.15) is 0 Å². The predicted octanol–water partition coefficient (Wildman–Crippen LogP) is 10.9. The van der Waals surface area contributed by atoms with E-state index in [-0.39, 0.29) is 0 Å². The second-order valence-corrected chi connectivity index (χ2v) is 11.3. The summed E-state index contributed by atoms with van der Waals surface area (Å²) in [6.07, 6.45) is 0. The molecule has 4 heteroatoms. The highest BCUT2D eigenvalue weighted by Crippen LogP contribution is 2.38. The van der Waals surface area contributed by atoms with Crippen molar-refractivity contribution in [3.05, 3.63) is 157 Å². The van der Waals surface area contributed by atoms with E-state index in [9.17, 15) is 0 Å². The number of aromatic nitrogens is 3. The van der Waals surface area contributed by atoms with E-state index in [2.05, 4.69) is 119 Å². The molecule has 0 atom stereocenters. The Morgan fingerprint density at radius 1 is 0.489 bits per heavy atom. The average molecular weight is 573 g/mol. The minimum absolute atomic E-state index is 0.641. The molecule has 208 valence electrons. The van der Waals surface area contributed by atoms with E-state index in [1.54, 1.807) is 0 Å². The summed E-state index contributed by atoms with van der Waals surface area (Å²) in [6, 6.07) is 50.4. The predicted molar refractivity (Wildman–Crippen MR) is 186 cm³/mol. The lowest BCUT2D eigenvalue weighted by atomic mass is 9.98. The van der Waals surface area contributed by atoms with Crippen molar-refractivity contribution in [2.45, 2.75) is 0 Å². The summed E-state index contributed by atoms with van der Waals surface area (Å²) in [7, 11) is 0. The fraction of sp³-hybridized carbons (Fsp3) is 0. The first-order valence-corrected chi connectivity index (χ1v) is 15.0. The van der Waals surface area contributed by atoms with Gasteiger partial charge < -0.3 is 4.57 Å². The first-order valence-electron chi connectivity index (χ1n) is 15.0. The Kier molecular flexibility index (Phi) is 5.53. The summed E-state index contributed by atoms with van der Waals surface area (Å²) < 4.78 is 2.28. The van der Waals surface area contributed by atoms with Crippen LogP contribution in [0, 0.1) is 6.57 Å². The van der Waals surface area contributed by atoms with E-state index in [1.165, 1.54) is 0 Å². The molecule has 0 saturated heterocycles. The first-order chi connectivity index (χ1) is 22.2. The van der Waals surface area contributed by atoms with Crippen LogP contribution >= 0.6 is 0 Å². The lowest BCUT2D eigenvalue weighted by Gasteiger charge is -2.12. The fourth-order valence-electron chi connectivity index (χ4n) is 6.61. The number of fused-ring (bicyclic) bond motifs is 7. The molecule has 3 aromatic heterocycles. The normalized spacial score (nSPS) is 11.5. The molecule has 0 spiro atoms. The molecule has 3 heterocycles. The van der Waals surface area contributed by atoms with Gasteiger partial charge in [-0.25, -0.2) is 14.8 Å². The Labute approximate surface area is 259 Å². The summed E-state index contributed by atoms with van der Waals surface area (Å²) in [5.41, 5.74) is 11.1. The van der Waals surface area contributed by atoms with Gasteiger partial charge in [0.1, 0.15) is 0 Å². The third-order valence-electron chi connectivity index (χ3n) is 8.75. The van der Waals surface area contributed by atoms with E-state index < -0.39 is 0 Å². The molecule has 0 N–H and O–H groups in total. The standard InChI is InChI=1S/C41H24N4/c1-42-30-20-22-39-34(25-30)33-23-28(19-21-38(33)45(39)31-10-3-2-4-11-31)26-15-17-27(18-16-26)40-35-24-29-9-5-7-13-36(29)43-41(35)32-12-6-8-14-37(32)44-40/h2-25H. The lowest BCUT2D eigenvalue weighted by molar-refractivity contribution is 1.18. The summed E-state index contributed by atoms with van der Waals surface area (Å²) in [5, 5.41) is 5.41. The van der Waals surface area contributed by atoms with Crippen LogP contribution in [0.15, 0.2) is 146 Å². The fourth-order valence-corrected chi connectivity index (χ4v) is 6.61. The van der Waals surface area contributed by atoms with Crippen LogP contribution in [-0.2, 0) is 0 Å². The van der Waals surface area contributed by atoms with Gasteiger partial charge in [0.25, 0.3) is 0 Å². The zero-order valence-corrected chi connectivity index (χ0v) is 24.1. The minimum atomic E-state index is 0.641. The van der Waals surface area contributed by atoms with Crippen molar-refractivity contribution in [3.63, 3.8) is 0 Å². The molecule has 45 heavy (non-hydrogen) atoms. The van der Waals surface area contributed by atoms with E-state index in [4.69, 9.17) is 16.5 Å². The molecule has 6 aromatic carbocycles. The molecule has 0 bridgehead atoms. The van der Waals surface area contributed by atoms with Crippen molar-refractivity contribution >= 4 is 60.2 Å². The van der Waals surface area contributed by atoms with Crippen LogP contribution in [0.25, 0.3) is 87.4 Å². The molecule has 4 nitrogen and oxygen atoms in total. The summed E-state index contributed by atoms with van der Waals surface area (Å²) in [5.74, 6) is 0. The summed E-state index contributed by atoms with van der Waals surface area (Å²) in [6.45, 7) is 7.61. The zero-order valence-electron chi connectivity index (χ0n) is 24.1. The lowest BCUT2D eigenvalue weighted by Crippen LogP contribution is -1.93. The average Bonchev–Trinajstić information content (AvgIpc) is 3.44. The molecular weight excluding hydrogens is 548 g/mol. The van der Waals surface area contributed by atoms with Crippen LogP contribution in [0.2, 0.25) is 0 Å². The van der Waals surface area contributed by atoms with Gasteiger partial charge in [0, 0.05) is 32.8 Å². The highest BCUT2D eigenvalue weighted by molar-refractivity contribution is 6.13. The number of pyridine rings is 2. The molecule has 0 radical (unpaired) electrons. The van der Waals surface area contributed by atoms with Crippen molar-refractivity contribution in [1.29, 1.82) is 0 Å². The number of rotatable bonds is 3. The maximum absolute atomic E-state index is 7.61. The van der Waals surface area contributed by atoms with Crippen LogP contribution in [0.5, 0.6) is 0 Å². The van der Waals surface area contributed by atoms with Crippen LogP contribution < -0.4 is 0 Å². The molecule has 0 aliphatic carbocycles. The van der Waals surface area contributed by atoms with Crippen molar-refractivity contribution < 1.29 is 0 Å². The first kappa shape index (κ1) is 25.2. The number of hydrogen-bond acceptors (Lipinski definition) is 2. The molecule has 9 rings (SSSR count). The van der Waals surface area contributed by atoms with Crippen molar-refractivity contribution in [2.24, 2.45) is 0 Å². The Hall–Kier alpha value is -6.31. The van der Waals surface area contributed by atoms with Crippen LogP contribution in [0.4, 0.5) is 5.69 Å². The van der Waals surface area contributed by atoms with Gasteiger partial charge in [0.15, 0.2) is 5.69 Å².